The maximum absolute atomic E-state index is 5.91. The normalized spacial score (nSPS) is 10.7. The summed E-state index contributed by atoms with van der Waals surface area (Å²) in [5.41, 5.74) is 5.75. The van der Waals surface area contributed by atoms with Crippen molar-refractivity contribution in [3.8, 4) is 28.0 Å². The van der Waals surface area contributed by atoms with Crippen molar-refractivity contribution in [1.82, 2.24) is 9.55 Å². The molecule has 4 rings (SSSR count). The number of aromatic nitrogens is 2. The highest BCUT2D eigenvalue weighted by Crippen LogP contribution is 2.41. The average Bonchev–Trinajstić information content (AvgIpc) is 3.22. The molecule has 0 atom stereocenters. The van der Waals surface area contributed by atoms with Crippen molar-refractivity contribution in [2.45, 2.75) is 6.54 Å². The first-order chi connectivity index (χ1) is 12.9. The molecule has 0 saturated carbocycles. The fourth-order valence-electron chi connectivity index (χ4n) is 3.31. The van der Waals surface area contributed by atoms with Gasteiger partial charge in [0.15, 0.2) is 0 Å². The topological polar surface area (TPSA) is 27.1 Å². The second-order valence-electron chi connectivity index (χ2n) is 6.15. The van der Waals surface area contributed by atoms with Crippen LogP contribution in [0.4, 0.5) is 0 Å². The quantitative estimate of drug-likeness (QED) is 0.494. The largest absolute Gasteiger partial charge is 0.496 e. The molecule has 0 bridgehead atoms. The van der Waals surface area contributed by atoms with Crippen LogP contribution in [-0.2, 0) is 6.54 Å². The summed E-state index contributed by atoms with van der Waals surface area (Å²) in [7, 11) is 1.74. The zero-order chi connectivity index (χ0) is 17.8. The maximum atomic E-state index is 5.91. The monoisotopic (exact) mass is 340 g/mol. The molecule has 0 radical (unpaired) electrons. The Morgan fingerprint density at radius 1 is 0.846 bits per heavy atom. The molecule has 0 spiro atoms. The van der Waals surface area contributed by atoms with Crippen LogP contribution in [0, 0.1) is 0 Å². The molecule has 128 valence electrons. The van der Waals surface area contributed by atoms with E-state index >= 15 is 0 Å². The fourth-order valence-corrected chi connectivity index (χ4v) is 3.31. The predicted octanol–water partition coefficient (Wildman–Crippen LogP) is 5.27. The Bertz CT molecular complexity index is 978. The molecule has 26 heavy (non-hydrogen) atoms. The lowest BCUT2D eigenvalue weighted by atomic mass is 9.91. The zero-order valence-electron chi connectivity index (χ0n) is 14.7. The van der Waals surface area contributed by atoms with Crippen LogP contribution in [0.15, 0.2) is 91.5 Å². The highest BCUT2D eigenvalue weighted by molar-refractivity contribution is 5.88. The first-order valence-corrected chi connectivity index (χ1v) is 8.63. The van der Waals surface area contributed by atoms with Gasteiger partial charge in [-0.1, -0.05) is 72.8 Å². The molecule has 0 fully saturated rings. The minimum atomic E-state index is 0.720. The number of hydrogen-bond donors (Lipinski definition) is 0. The van der Waals surface area contributed by atoms with E-state index in [2.05, 4.69) is 70.2 Å². The van der Waals surface area contributed by atoms with Gasteiger partial charge in [0.25, 0.3) is 0 Å². The Kier molecular flexibility index (Phi) is 4.52. The van der Waals surface area contributed by atoms with Crippen LogP contribution in [0.2, 0.25) is 0 Å². The second-order valence-corrected chi connectivity index (χ2v) is 6.15. The second kappa shape index (κ2) is 7.28. The predicted molar refractivity (Wildman–Crippen MR) is 105 cm³/mol. The SMILES string of the molecule is COc1c(Cn2ccnc2)ccc(-c2ccccc2)c1-c1ccccc1. The lowest BCUT2D eigenvalue weighted by Crippen LogP contribution is -2.02. The van der Waals surface area contributed by atoms with Gasteiger partial charge in [0, 0.05) is 23.5 Å². The first kappa shape index (κ1) is 16.2. The Labute approximate surface area is 153 Å². The van der Waals surface area contributed by atoms with E-state index in [0.29, 0.717) is 0 Å². The van der Waals surface area contributed by atoms with Crippen LogP contribution in [0.5, 0.6) is 5.75 Å². The minimum absolute atomic E-state index is 0.720. The molecule has 0 N–H and O–H groups in total. The molecule has 0 aliphatic rings. The zero-order valence-corrected chi connectivity index (χ0v) is 14.7. The van der Waals surface area contributed by atoms with E-state index in [4.69, 9.17) is 4.74 Å². The number of hydrogen-bond acceptors (Lipinski definition) is 2. The summed E-state index contributed by atoms with van der Waals surface area (Å²) < 4.78 is 7.96. The van der Waals surface area contributed by atoms with Crippen molar-refractivity contribution in [3.63, 3.8) is 0 Å². The first-order valence-electron chi connectivity index (χ1n) is 8.63. The van der Waals surface area contributed by atoms with Crippen molar-refractivity contribution in [2.75, 3.05) is 7.11 Å². The Hall–Kier alpha value is -3.33. The summed E-state index contributed by atoms with van der Waals surface area (Å²) in [6.45, 7) is 0.720. The van der Waals surface area contributed by atoms with Gasteiger partial charge in [-0.25, -0.2) is 4.98 Å². The summed E-state index contributed by atoms with van der Waals surface area (Å²) in [5.74, 6) is 0.909. The molecular weight excluding hydrogens is 320 g/mol. The molecule has 1 heterocycles. The van der Waals surface area contributed by atoms with Gasteiger partial charge in [0.2, 0.25) is 0 Å². The molecule has 1 aromatic heterocycles. The molecular formula is C23H20N2O. The van der Waals surface area contributed by atoms with Gasteiger partial charge >= 0.3 is 0 Å². The third-order valence-corrected chi connectivity index (χ3v) is 4.50. The standard InChI is InChI=1S/C23H20N2O/c1-26-23-20(16-25-15-14-24-17-25)12-13-21(18-8-4-2-5-9-18)22(23)19-10-6-3-7-11-19/h2-15,17H,16H2,1H3. The van der Waals surface area contributed by atoms with E-state index in [0.717, 1.165) is 29.0 Å². The van der Waals surface area contributed by atoms with Crippen LogP contribution in [0.25, 0.3) is 22.3 Å². The summed E-state index contributed by atoms with van der Waals surface area (Å²) in [6.07, 6.45) is 5.59. The number of benzene rings is 3. The van der Waals surface area contributed by atoms with Crippen LogP contribution in [0.1, 0.15) is 5.56 Å². The van der Waals surface area contributed by atoms with E-state index in [1.807, 2.05) is 24.7 Å². The molecule has 0 aliphatic carbocycles. The van der Waals surface area contributed by atoms with Crippen LogP contribution < -0.4 is 4.74 Å². The van der Waals surface area contributed by atoms with Crippen LogP contribution in [0.3, 0.4) is 0 Å². The number of ether oxygens (including phenoxy) is 1. The number of imidazole rings is 1. The third kappa shape index (κ3) is 3.11. The van der Waals surface area contributed by atoms with Crippen molar-refractivity contribution >= 4 is 0 Å². The van der Waals surface area contributed by atoms with Crippen LogP contribution >= 0.6 is 0 Å². The summed E-state index contributed by atoms with van der Waals surface area (Å²) in [5, 5.41) is 0. The van der Waals surface area contributed by atoms with Gasteiger partial charge in [0.1, 0.15) is 5.75 Å². The van der Waals surface area contributed by atoms with Gasteiger partial charge in [-0.2, -0.15) is 0 Å². The van der Waals surface area contributed by atoms with E-state index in [-0.39, 0.29) is 0 Å². The molecule has 3 aromatic carbocycles. The molecule has 0 saturated heterocycles. The molecule has 3 heteroatoms. The van der Waals surface area contributed by atoms with E-state index in [1.165, 1.54) is 11.1 Å². The van der Waals surface area contributed by atoms with E-state index < -0.39 is 0 Å². The Balaban J connectivity index is 1.93. The van der Waals surface area contributed by atoms with E-state index in [9.17, 15) is 0 Å². The summed E-state index contributed by atoms with van der Waals surface area (Å²) in [6, 6.07) is 25.2. The lowest BCUT2D eigenvalue weighted by molar-refractivity contribution is 0.410. The molecule has 0 amide bonds. The summed E-state index contributed by atoms with van der Waals surface area (Å²) >= 11 is 0. The van der Waals surface area contributed by atoms with Crippen molar-refractivity contribution < 1.29 is 4.74 Å². The minimum Gasteiger partial charge on any atom is -0.496 e. The van der Waals surface area contributed by atoms with Crippen LogP contribution in [-0.4, -0.2) is 16.7 Å². The number of rotatable bonds is 5. The maximum Gasteiger partial charge on any atom is 0.132 e. The van der Waals surface area contributed by atoms with Gasteiger partial charge in [-0.05, 0) is 16.7 Å². The van der Waals surface area contributed by atoms with E-state index in [1.54, 1.807) is 13.3 Å². The summed E-state index contributed by atoms with van der Waals surface area (Å²) in [4.78, 5) is 4.14. The molecule has 3 nitrogen and oxygen atoms in total. The highest BCUT2D eigenvalue weighted by atomic mass is 16.5. The number of methoxy groups -OCH3 is 1. The van der Waals surface area contributed by atoms with Gasteiger partial charge in [-0.15, -0.1) is 0 Å². The average molecular weight is 340 g/mol. The lowest BCUT2D eigenvalue weighted by Gasteiger charge is -2.19. The van der Waals surface area contributed by atoms with Gasteiger partial charge in [-0.3, -0.25) is 0 Å². The smallest absolute Gasteiger partial charge is 0.132 e. The Morgan fingerprint density at radius 2 is 1.54 bits per heavy atom. The number of nitrogens with zero attached hydrogens (tertiary/aromatic N) is 2. The van der Waals surface area contributed by atoms with Crippen molar-refractivity contribution in [3.05, 3.63) is 97.1 Å². The van der Waals surface area contributed by atoms with Crippen molar-refractivity contribution in [2.24, 2.45) is 0 Å². The van der Waals surface area contributed by atoms with Gasteiger partial charge < -0.3 is 9.30 Å². The third-order valence-electron chi connectivity index (χ3n) is 4.50. The van der Waals surface area contributed by atoms with Gasteiger partial charge in [0.05, 0.1) is 20.0 Å². The fraction of sp³-hybridized carbons (Fsp3) is 0.0870. The highest BCUT2D eigenvalue weighted by Gasteiger charge is 2.17. The Morgan fingerprint density at radius 3 is 2.15 bits per heavy atom. The molecule has 0 aliphatic heterocycles. The molecule has 0 unspecified atom stereocenters. The molecule has 4 aromatic rings. The van der Waals surface area contributed by atoms with Crippen molar-refractivity contribution in [1.29, 1.82) is 0 Å².